The van der Waals surface area contributed by atoms with Crippen LogP contribution in [0.15, 0.2) is 58.4 Å². The molecule has 7 nitrogen and oxygen atoms in total. The van der Waals surface area contributed by atoms with Gasteiger partial charge >= 0.3 is 0 Å². The molecule has 2 aromatic rings. The van der Waals surface area contributed by atoms with Crippen molar-refractivity contribution in [3.05, 3.63) is 59.7 Å². The van der Waals surface area contributed by atoms with Gasteiger partial charge in [0.05, 0.1) is 23.8 Å². The fraction of sp³-hybridized carbons (Fsp3) is 0.409. The Morgan fingerprint density at radius 1 is 1.07 bits per heavy atom. The maximum atomic E-state index is 12.4. The summed E-state index contributed by atoms with van der Waals surface area (Å²) in [5.74, 6) is 1.32. The highest BCUT2D eigenvalue weighted by molar-refractivity contribution is 7.91. The number of sulfone groups is 1. The van der Waals surface area contributed by atoms with Gasteiger partial charge in [-0.3, -0.25) is 0 Å². The van der Waals surface area contributed by atoms with Crippen LogP contribution < -0.4 is 15.4 Å². The van der Waals surface area contributed by atoms with E-state index in [9.17, 15) is 8.42 Å². The molecule has 0 aromatic heterocycles. The predicted octanol–water partition coefficient (Wildman–Crippen LogP) is 2.55. The van der Waals surface area contributed by atoms with E-state index in [1.165, 1.54) is 0 Å². The van der Waals surface area contributed by atoms with Crippen LogP contribution in [0.4, 0.5) is 0 Å². The van der Waals surface area contributed by atoms with Crippen molar-refractivity contribution in [1.82, 2.24) is 10.6 Å². The highest BCUT2D eigenvalue weighted by atomic mass is 32.2. The Hall–Kier alpha value is -2.58. The number of guanidine groups is 1. The maximum Gasteiger partial charge on any atom is 0.191 e. The van der Waals surface area contributed by atoms with Crippen molar-refractivity contribution >= 4 is 15.8 Å². The van der Waals surface area contributed by atoms with Crippen molar-refractivity contribution in [3.63, 3.8) is 0 Å². The number of nitrogens with zero attached hydrogens (tertiary/aromatic N) is 1. The van der Waals surface area contributed by atoms with Crippen LogP contribution in [0.1, 0.15) is 18.1 Å². The van der Waals surface area contributed by atoms with Crippen LogP contribution in [0.5, 0.6) is 5.75 Å². The zero-order valence-corrected chi connectivity index (χ0v) is 18.7. The number of benzene rings is 2. The average molecular weight is 434 g/mol. The first-order valence-corrected chi connectivity index (χ1v) is 11.6. The van der Waals surface area contributed by atoms with Crippen molar-refractivity contribution in [1.29, 1.82) is 0 Å². The standard InChI is InChI=1S/C22H31N3O4S/c1-4-23-22(24-12-15-30(26,27)20-8-6-5-7-9-20)25-17-19-11-10-18(2)16-21(19)29-14-13-28-3/h5-11,16H,4,12-15,17H2,1-3H3,(H2,23,24,25). The first kappa shape index (κ1) is 23.7. The molecule has 164 valence electrons. The molecule has 0 atom stereocenters. The topological polar surface area (TPSA) is 89.0 Å². The van der Waals surface area contributed by atoms with E-state index in [2.05, 4.69) is 15.6 Å². The fourth-order valence-corrected chi connectivity index (χ4v) is 3.90. The molecule has 0 heterocycles. The third-order valence-corrected chi connectivity index (χ3v) is 6.02. The van der Waals surface area contributed by atoms with Crippen LogP contribution in [-0.4, -0.2) is 53.5 Å². The Kier molecular flexibility index (Phi) is 9.63. The van der Waals surface area contributed by atoms with Gasteiger partial charge < -0.3 is 20.1 Å². The Balaban J connectivity index is 2.01. The molecule has 0 bridgehead atoms. The van der Waals surface area contributed by atoms with Crippen LogP contribution in [0.3, 0.4) is 0 Å². The SMILES string of the molecule is CCNC(=NCc1ccc(C)cc1OCCOC)NCCS(=O)(=O)c1ccccc1. The van der Waals surface area contributed by atoms with Crippen LogP contribution >= 0.6 is 0 Å². The van der Waals surface area contributed by atoms with E-state index in [-0.39, 0.29) is 12.3 Å². The minimum Gasteiger partial charge on any atom is -0.491 e. The van der Waals surface area contributed by atoms with E-state index in [0.717, 1.165) is 16.9 Å². The molecule has 0 amide bonds. The summed E-state index contributed by atoms with van der Waals surface area (Å²) in [4.78, 5) is 4.91. The second-order valence-electron chi connectivity index (χ2n) is 6.71. The van der Waals surface area contributed by atoms with Gasteiger partial charge in [-0.1, -0.05) is 30.3 Å². The summed E-state index contributed by atoms with van der Waals surface area (Å²) in [7, 11) is -1.70. The number of nitrogens with one attached hydrogen (secondary N) is 2. The summed E-state index contributed by atoms with van der Waals surface area (Å²) in [5, 5.41) is 6.24. The third kappa shape index (κ3) is 7.68. The van der Waals surface area contributed by atoms with E-state index < -0.39 is 9.84 Å². The van der Waals surface area contributed by atoms with Gasteiger partial charge in [-0.25, -0.2) is 13.4 Å². The highest BCUT2D eigenvalue weighted by Crippen LogP contribution is 2.21. The zero-order chi connectivity index (χ0) is 21.8. The lowest BCUT2D eigenvalue weighted by Crippen LogP contribution is -2.39. The van der Waals surface area contributed by atoms with Gasteiger partial charge in [-0.2, -0.15) is 0 Å². The van der Waals surface area contributed by atoms with Crippen molar-refractivity contribution in [2.75, 3.05) is 39.2 Å². The van der Waals surface area contributed by atoms with Gasteiger partial charge in [-0.15, -0.1) is 0 Å². The largest absolute Gasteiger partial charge is 0.491 e. The summed E-state index contributed by atoms with van der Waals surface area (Å²) in [6.45, 7) is 6.28. The van der Waals surface area contributed by atoms with Crippen LogP contribution in [0.25, 0.3) is 0 Å². The lowest BCUT2D eigenvalue weighted by molar-refractivity contribution is 0.146. The number of hydrogen-bond acceptors (Lipinski definition) is 5. The molecular weight excluding hydrogens is 402 g/mol. The lowest BCUT2D eigenvalue weighted by atomic mass is 10.1. The zero-order valence-electron chi connectivity index (χ0n) is 17.8. The molecule has 0 saturated carbocycles. The van der Waals surface area contributed by atoms with Crippen LogP contribution in [0.2, 0.25) is 0 Å². The molecule has 2 N–H and O–H groups in total. The van der Waals surface area contributed by atoms with E-state index in [4.69, 9.17) is 9.47 Å². The van der Waals surface area contributed by atoms with E-state index in [1.54, 1.807) is 37.4 Å². The molecule has 0 saturated heterocycles. The molecule has 0 aliphatic carbocycles. The van der Waals surface area contributed by atoms with E-state index in [0.29, 0.717) is 37.2 Å². The van der Waals surface area contributed by atoms with Gasteiger partial charge in [0.15, 0.2) is 15.8 Å². The molecule has 8 heteroatoms. The smallest absolute Gasteiger partial charge is 0.191 e. The van der Waals surface area contributed by atoms with Gasteiger partial charge in [-0.05, 0) is 37.6 Å². The Morgan fingerprint density at radius 2 is 1.83 bits per heavy atom. The molecule has 0 radical (unpaired) electrons. The molecule has 0 spiro atoms. The first-order chi connectivity index (χ1) is 14.5. The van der Waals surface area contributed by atoms with Crippen molar-refractivity contribution in [2.45, 2.75) is 25.3 Å². The summed E-state index contributed by atoms with van der Waals surface area (Å²) in [5.41, 5.74) is 2.05. The summed E-state index contributed by atoms with van der Waals surface area (Å²) >= 11 is 0. The molecule has 0 aliphatic rings. The Labute approximate surface area is 179 Å². The molecule has 30 heavy (non-hydrogen) atoms. The molecule has 0 unspecified atom stereocenters. The Morgan fingerprint density at radius 3 is 2.53 bits per heavy atom. The van der Waals surface area contributed by atoms with Gasteiger partial charge in [0.2, 0.25) is 0 Å². The molecule has 2 rings (SSSR count). The number of aryl methyl sites for hydroxylation is 1. The minimum atomic E-state index is -3.34. The lowest BCUT2D eigenvalue weighted by Gasteiger charge is -2.14. The Bertz CT molecular complexity index is 915. The van der Waals surface area contributed by atoms with E-state index in [1.807, 2.05) is 32.0 Å². The average Bonchev–Trinajstić information content (AvgIpc) is 2.74. The number of aliphatic imine (C=N–C) groups is 1. The number of rotatable bonds is 11. The summed E-state index contributed by atoms with van der Waals surface area (Å²) < 4.78 is 35.7. The first-order valence-electron chi connectivity index (χ1n) is 9.97. The van der Waals surface area contributed by atoms with E-state index >= 15 is 0 Å². The van der Waals surface area contributed by atoms with Crippen molar-refractivity contribution in [3.8, 4) is 5.75 Å². The van der Waals surface area contributed by atoms with Crippen LogP contribution in [0, 0.1) is 6.92 Å². The number of ether oxygens (including phenoxy) is 2. The maximum absolute atomic E-state index is 12.4. The molecule has 2 aromatic carbocycles. The third-order valence-electron chi connectivity index (χ3n) is 4.28. The quantitative estimate of drug-likeness (QED) is 0.322. The minimum absolute atomic E-state index is 0.0165. The van der Waals surface area contributed by atoms with Gasteiger partial charge in [0.25, 0.3) is 0 Å². The summed E-state index contributed by atoms with van der Waals surface area (Å²) in [6.07, 6.45) is 0. The van der Waals surface area contributed by atoms with Gasteiger partial charge in [0, 0.05) is 25.8 Å². The van der Waals surface area contributed by atoms with Crippen molar-refractivity contribution in [2.24, 2.45) is 4.99 Å². The van der Waals surface area contributed by atoms with Crippen LogP contribution in [-0.2, 0) is 21.1 Å². The molecule has 0 fully saturated rings. The second-order valence-corrected chi connectivity index (χ2v) is 8.82. The van der Waals surface area contributed by atoms with Gasteiger partial charge in [0.1, 0.15) is 12.4 Å². The normalized spacial score (nSPS) is 11.9. The second kappa shape index (κ2) is 12.2. The fourth-order valence-electron chi connectivity index (χ4n) is 2.72. The van der Waals surface area contributed by atoms with Crippen molar-refractivity contribution < 1.29 is 17.9 Å². The molecular formula is C22H31N3O4S. The molecule has 0 aliphatic heterocycles. The number of hydrogen-bond donors (Lipinski definition) is 2. The highest BCUT2D eigenvalue weighted by Gasteiger charge is 2.13. The summed E-state index contributed by atoms with van der Waals surface area (Å²) in [6, 6.07) is 14.4. The number of methoxy groups -OCH3 is 1. The predicted molar refractivity (Wildman–Crippen MR) is 120 cm³/mol. The monoisotopic (exact) mass is 433 g/mol.